The number of pyridine rings is 1. The standard InChI is InChI=1S/C21H17N5O5/c27-21(16-8-18(25(28)29)10-19(9-16)26(30)31)23-11-14-4-5-15-12-24(13-17(15)7-14)20-3-1-2-6-22-20/h1-10H,11-13H2,(H,23,27). The largest absolute Gasteiger partial charge is 0.348 e. The van der Waals surface area contributed by atoms with Crippen LogP contribution in [-0.4, -0.2) is 20.7 Å². The molecule has 0 aliphatic carbocycles. The van der Waals surface area contributed by atoms with Crippen LogP contribution in [0.15, 0.2) is 60.8 Å². The van der Waals surface area contributed by atoms with Gasteiger partial charge in [0.25, 0.3) is 17.3 Å². The molecule has 3 aromatic rings. The van der Waals surface area contributed by atoms with Gasteiger partial charge in [0.1, 0.15) is 5.82 Å². The van der Waals surface area contributed by atoms with Gasteiger partial charge in [0.2, 0.25) is 0 Å². The molecule has 1 aliphatic rings. The Morgan fingerprint density at radius 3 is 2.32 bits per heavy atom. The molecule has 31 heavy (non-hydrogen) atoms. The first-order valence-electron chi connectivity index (χ1n) is 9.39. The maximum Gasteiger partial charge on any atom is 0.277 e. The topological polar surface area (TPSA) is 132 Å². The second-order valence-corrected chi connectivity index (χ2v) is 7.08. The minimum atomic E-state index is -0.766. The molecular weight excluding hydrogens is 402 g/mol. The Bertz CT molecular complexity index is 1150. The Morgan fingerprint density at radius 1 is 0.968 bits per heavy atom. The summed E-state index contributed by atoms with van der Waals surface area (Å²) in [5.74, 6) is 0.267. The Hall–Kier alpha value is -4.34. The summed E-state index contributed by atoms with van der Waals surface area (Å²) >= 11 is 0. The molecule has 0 unspecified atom stereocenters. The molecule has 0 saturated carbocycles. The number of hydrogen-bond acceptors (Lipinski definition) is 7. The van der Waals surface area contributed by atoms with Crippen molar-refractivity contribution in [1.29, 1.82) is 0 Å². The van der Waals surface area contributed by atoms with Crippen LogP contribution in [0.1, 0.15) is 27.0 Å². The minimum Gasteiger partial charge on any atom is -0.348 e. The van der Waals surface area contributed by atoms with Crippen LogP contribution in [0.3, 0.4) is 0 Å². The van der Waals surface area contributed by atoms with Crippen molar-refractivity contribution in [3.05, 3.63) is 103 Å². The fourth-order valence-electron chi connectivity index (χ4n) is 3.48. The average Bonchev–Trinajstić information content (AvgIpc) is 3.21. The molecule has 2 aromatic carbocycles. The van der Waals surface area contributed by atoms with Gasteiger partial charge in [-0.15, -0.1) is 0 Å². The maximum atomic E-state index is 12.5. The maximum absolute atomic E-state index is 12.5. The van der Waals surface area contributed by atoms with Crippen LogP contribution in [0, 0.1) is 20.2 Å². The zero-order valence-electron chi connectivity index (χ0n) is 16.2. The number of carbonyl (C=O) groups is 1. The molecule has 0 fully saturated rings. The number of hydrogen-bond donors (Lipinski definition) is 1. The van der Waals surface area contributed by atoms with Gasteiger partial charge in [-0.05, 0) is 28.8 Å². The number of anilines is 1. The number of benzene rings is 2. The highest BCUT2D eigenvalue weighted by atomic mass is 16.6. The van der Waals surface area contributed by atoms with Gasteiger partial charge >= 0.3 is 0 Å². The van der Waals surface area contributed by atoms with Crippen molar-refractivity contribution in [2.45, 2.75) is 19.6 Å². The van der Waals surface area contributed by atoms with E-state index in [1.807, 2.05) is 36.4 Å². The fraction of sp³-hybridized carbons (Fsp3) is 0.143. The lowest BCUT2D eigenvalue weighted by Crippen LogP contribution is -2.23. The fourth-order valence-corrected chi connectivity index (χ4v) is 3.48. The molecule has 4 rings (SSSR count). The van der Waals surface area contributed by atoms with Gasteiger partial charge in [-0.25, -0.2) is 4.98 Å². The van der Waals surface area contributed by atoms with Gasteiger partial charge in [-0.1, -0.05) is 24.3 Å². The first kappa shape index (κ1) is 20.0. The average molecular weight is 419 g/mol. The zero-order valence-corrected chi connectivity index (χ0v) is 16.2. The molecule has 156 valence electrons. The van der Waals surface area contributed by atoms with Crippen molar-refractivity contribution in [2.75, 3.05) is 4.90 Å². The highest BCUT2D eigenvalue weighted by Crippen LogP contribution is 2.27. The van der Waals surface area contributed by atoms with E-state index >= 15 is 0 Å². The first-order valence-corrected chi connectivity index (χ1v) is 9.39. The first-order chi connectivity index (χ1) is 14.9. The van der Waals surface area contributed by atoms with Crippen LogP contribution in [0.4, 0.5) is 17.2 Å². The van der Waals surface area contributed by atoms with Crippen molar-refractivity contribution in [3.8, 4) is 0 Å². The predicted molar refractivity (Wildman–Crippen MR) is 111 cm³/mol. The van der Waals surface area contributed by atoms with E-state index < -0.39 is 27.1 Å². The summed E-state index contributed by atoms with van der Waals surface area (Å²) in [4.78, 5) is 39.5. The summed E-state index contributed by atoms with van der Waals surface area (Å²) in [7, 11) is 0. The summed E-state index contributed by atoms with van der Waals surface area (Å²) in [5, 5.41) is 24.7. The Labute approximate surface area is 176 Å². The molecule has 1 N–H and O–H groups in total. The van der Waals surface area contributed by atoms with Gasteiger partial charge in [-0.3, -0.25) is 25.0 Å². The Morgan fingerprint density at radius 2 is 1.68 bits per heavy atom. The van der Waals surface area contributed by atoms with Crippen LogP contribution < -0.4 is 10.2 Å². The number of non-ortho nitro benzene ring substituents is 2. The van der Waals surface area contributed by atoms with E-state index in [2.05, 4.69) is 15.2 Å². The van der Waals surface area contributed by atoms with E-state index in [1.165, 1.54) is 5.56 Å². The number of carbonyl (C=O) groups excluding carboxylic acids is 1. The number of amides is 1. The highest BCUT2D eigenvalue weighted by molar-refractivity contribution is 5.95. The number of fused-ring (bicyclic) bond motifs is 1. The quantitative estimate of drug-likeness (QED) is 0.479. The van der Waals surface area contributed by atoms with Crippen LogP contribution in [0.25, 0.3) is 0 Å². The second kappa shape index (κ2) is 8.19. The van der Waals surface area contributed by atoms with Gasteiger partial charge < -0.3 is 10.2 Å². The van der Waals surface area contributed by atoms with Gasteiger partial charge in [0.05, 0.1) is 21.5 Å². The molecule has 10 nitrogen and oxygen atoms in total. The van der Waals surface area contributed by atoms with E-state index in [9.17, 15) is 25.0 Å². The number of nitrogens with zero attached hydrogens (tertiary/aromatic N) is 4. The molecule has 0 spiro atoms. The van der Waals surface area contributed by atoms with Gasteiger partial charge in [0.15, 0.2) is 0 Å². The molecule has 0 bridgehead atoms. The number of nitro benzene ring substituents is 2. The summed E-state index contributed by atoms with van der Waals surface area (Å²) in [5.41, 5.74) is 2.01. The summed E-state index contributed by atoms with van der Waals surface area (Å²) in [6, 6.07) is 14.5. The molecule has 0 radical (unpaired) electrons. The third-order valence-electron chi connectivity index (χ3n) is 5.01. The Kier molecular flexibility index (Phi) is 5.27. The summed E-state index contributed by atoms with van der Waals surface area (Å²) in [6.07, 6.45) is 1.75. The van der Waals surface area contributed by atoms with Crippen molar-refractivity contribution in [3.63, 3.8) is 0 Å². The van der Waals surface area contributed by atoms with Gasteiger partial charge in [0, 0.05) is 38.0 Å². The van der Waals surface area contributed by atoms with E-state index in [0.717, 1.165) is 41.7 Å². The van der Waals surface area contributed by atoms with Crippen LogP contribution >= 0.6 is 0 Å². The predicted octanol–water partition coefficient (Wildman–Crippen LogP) is 3.35. The van der Waals surface area contributed by atoms with Crippen LogP contribution in [0.2, 0.25) is 0 Å². The van der Waals surface area contributed by atoms with Crippen molar-refractivity contribution in [1.82, 2.24) is 10.3 Å². The molecule has 1 aromatic heterocycles. The molecule has 0 atom stereocenters. The molecule has 0 saturated heterocycles. The second-order valence-electron chi connectivity index (χ2n) is 7.08. The van der Waals surface area contributed by atoms with Crippen LogP contribution in [-0.2, 0) is 19.6 Å². The Balaban J connectivity index is 1.46. The normalized spacial score (nSPS) is 12.3. The lowest BCUT2D eigenvalue weighted by atomic mass is 10.1. The van der Waals surface area contributed by atoms with E-state index in [4.69, 9.17) is 0 Å². The smallest absolute Gasteiger partial charge is 0.277 e. The number of rotatable bonds is 6. The highest BCUT2D eigenvalue weighted by Gasteiger charge is 2.21. The third kappa shape index (κ3) is 4.32. The van der Waals surface area contributed by atoms with Crippen molar-refractivity contribution in [2.24, 2.45) is 0 Å². The summed E-state index contributed by atoms with van der Waals surface area (Å²) < 4.78 is 0. The van der Waals surface area contributed by atoms with E-state index in [0.29, 0.717) is 6.54 Å². The number of nitro groups is 2. The summed E-state index contributed by atoms with van der Waals surface area (Å²) in [6.45, 7) is 1.63. The third-order valence-corrected chi connectivity index (χ3v) is 5.01. The van der Waals surface area contributed by atoms with E-state index in [-0.39, 0.29) is 12.1 Å². The lowest BCUT2D eigenvalue weighted by molar-refractivity contribution is -0.394. The van der Waals surface area contributed by atoms with Crippen molar-refractivity contribution < 1.29 is 14.6 Å². The molecule has 1 aliphatic heterocycles. The molecule has 10 heteroatoms. The minimum absolute atomic E-state index is 0.136. The van der Waals surface area contributed by atoms with E-state index in [1.54, 1.807) is 6.20 Å². The SMILES string of the molecule is O=C(NCc1ccc2c(c1)CN(c1ccccn1)C2)c1cc([N+](=O)[O-])cc([N+](=O)[O-])c1. The monoisotopic (exact) mass is 419 g/mol. The molecule has 2 heterocycles. The number of nitrogens with one attached hydrogen (secondary N) is 1. The number of aromatic nitrogens is 1. The van der Waals surface area contributed by atoms with Crippen molar-refractivity contribution >= 4 is 23.1 Å². The lowest BCUT2D eigenvalue weighted by Gasteiger charge is -2.15. The molecule has 1 amide bonds. The zero-order chi connectivity index (χ0) is 22.0. The molecular formula is C21H17N5O5. The van der Waals surface area contributed by atoms with Crippen LogP contribution in [0.5, 0.6) is 0 Å². The van der Waals surface area contributed by atoms with Gasteiger partial charge in [-0.2, -0.15) is 0 Å².